The maximum atomic E-state index is 12.9. The molecule has 0 saturated heterocycles. The summed E-state index contributed by atoms with van der Waals surface area (Å²) in [6, 6.07) is 14.1. The molecule has 31 heavy (non-hydrogen) atoms. The largest absolute Gasteiger partial charge is 0.491 e. The van der Waals surface area contributed by atoms with E-state index in [1.54, 1.807) is 19.1 Å². The lowest BCUT2D eigenvalue weighted by Gasteiger charge is -2.30. The Balaban J connectivity index is 2.07. The molecule has 2 aromatic rings. The highest BCUT2D eigenvalue weighted by Crippen LogP contribution is 2.30. The van der Waals surface area contributed by atoms with E-state index < -0.39 is 16.1 Å². The summed E-state index contributed by atoms with van der Waals surface area (Å²) < 4.78 is 32.1. The molecule has 0 aromatic heterocycles. The zero-order valence-corrected chi connectivity index (χ0v) is 20.1. The molecule has 1 N–H and O–H groups in total. The van der Waals surface area contributed by atoms with Crippen molar-refractivity contribution in [2.75, 3.05) is 23.7 Å². The number of sulfonamides is 1. The molecule has 170 valence electrons. The van der Waals surface area contributed by atoms with Crippen LogP contribution in [0.25, 0.3) is 0 Å². The molecule has 2 rings (SSSR count). The number of aryl methyl sites for hydroxylation is 1. The zero-order chi connectivity index (χ0) is 23.2. The fourth-order valence-corrected chi connectivity index (χ4v) is 4.63. The van der Waals surface area contributed by atoms with Crippen molar-refractivity contribution < 1.29 is 17.9 Å². The van der Waals surface area contributed by atoms with E-state index in [1.807, 2.05) is 43.3 Å². The third-order valence-corrected chi connectivity index (χ3v) is 6.15. The molecule has 0 saturated carbocycles. The minimum Gasteiger partial charge on any atom is -0.491 e. The summed E-state index contributed by atoms with van der Waals surface area (Å²) in [4.78, 5) is 12.9. The van der Waals surface area contributed by atoms with E-state index in [0.29, 0.717) is 18.7 Å². The van der Waals surface area contributed by atoms with Crippen LogP contribution in [0.5, 0.6) is 5.75 Å². The number of benzene rings is 2. The Kier molecular flexibility index (Phi) is 8.12. The van der Waals surface area contributed by atoms with E-state index in [9.17, 15) is 13.2 Å². The molecule has 0 bridgehead atoms. The van der Waals surface area contributed by atoms with Crippen LogP contribution in [0.4, 0.5) is 5.69 Å². The van der Waals surface area contributed by atoms with Crippen LogP contribution in [-0.4, -0.2) is 39.8 Å². The first-order valence-corrected chi connectivity index (χ1v) is 12.4. The van der Waals surface area contributed by atoms with E-state index in [4.69, 9.17) is 4.74 Å². The van der Waals surface area contributed by atoms with Gasteiger partial charge in [-0.3, -0.25) is 9.10 Å². The molecule has 0 radical (unpaired) electrons. The summed E-state index contributed by atoms with van der Waals surface area (Å²) in [6.45, 7) is 10.6. The monoisotopic (exact) mass is 446 g/mol. The minimum absolute atomic E-state index is 0.0584. The number of carbonyl (C=O) groups excluding carboxylic acids is 1. The second kappa shape index (κ2) is 10.2. The Morgan fingerprint density at radius 3 is 2.26 bits per heavy atom. The summed E-state index contributed by atoms with van der Waals surface area (Å²) in [7, 11) is -3.64. The first-order chi connectivity index (χ1) is 14.4. The predicted octanol–water partition coefficient (Wildman–Crippen LogP) is 4.03. The van der Waals surface area contributed by atoms with Crippen LogP contribution in [0.1, 0.15) is 45.2 Å². The molecular weight excluding hydrogens is 412 g/mol. The lowest BCUT2D eigenvalue weighted by atomic mass is 9.86. The molecule has 7 heteroatoms. The number of carbonyl (C=O) groups is 1. The van der Waals surface area contributed by atoms with Crippen molar-refractivity contribution in [2.45, 2.75) is 52.5 Å². The van der Waals surface area contributed by atoms with Gasteiger partial charge in [-0.2, -0.15) is 0 Å². The second-order valence-electron chi connectivity index (χ2n) is 8.70. The maximum Gasteiger partial charge on any atom is 0.244 e. The van der Waals surface area contributed by atoms with Gasteiger partial charge in [-0.25, -0.2) is 8.42 Å². The highest BCUT2D eigenvalue weighted by atomic mass is 32.2. The van der Waals surface area contributed by atoms with Crippen LogP contribution >= 0.6 is 0 Å². The van der Waals surface area contributed by atoms with E-state index in [0.717, 1.165) is 23.1 Å². The van der Waals surface area contributed by atoms with Gasteiger partial charge < -0.3 is 10.1 Å². The maximum absolute atomic E-state index is 12.9. The van der Waals surface area contributed by atoms with Gasteiger partial charge in [0.1, 0.15) is 18.4 Å². The smallest absolute Gasteiger partial charge is 0.244 e. The number of rotatable bonds is 9. The minimum atomic E-state index is -3.64. The highest BCUT2D eigenvalue weighted by molar-refractivity contribution is 7.92. The first-order valence-electron chi connectivity index (χ1n) is 10.5. The van der Waals surface area contributed by atoms with Gasteiger partial charge in [0.05, 0.1) is 18.5 Å². The average Bonchev–Trinajstić information content (AvgIpc) is 2.68. The number of ether oxygens (including phenoxy) is 1. The van der Waals surface area contributed by atoms with Gasteiger partial charge in [-0.05, 0) is 42.5 Å². The van der Waals surface area contributed by atoms with Crippen molar-refractivity contribution in [3.63, 3.8) is 0 Å². The third kappa shape index (κ3) is 6.72. The van der Waals surface area contributed by atoms with E-state index in [2.05, 4.69) is 26.1 Å². The first kappa shape index (κ1) is 24.7. The predicted molar refractivity (Wildman–Crippen MR) is 126 cm³/mol. The van der Waals surface area contributed by atoms with Gasteiger partial charge in [-0.15, -0.1) is 0 Å². The molecule has 6 nitrogen and oxygen atoms in total. The SMILES string of the molecule is CC[C@@H](C(=O)NCCOc1ccccc1C(C)(C)C)N(c1ccc(C)cc1)S(C)(=O)=O. The van der Waals surface area contributed by atoms with Gasteiger partial charge in [0.2, 0.25) is 15.9 Å². The molecule has 0 heterocycles. The van der Waals surface area contributed by atoms with Crippen LogP contribution in [0.2, 0.25) is 0 Å². The lowest BCUT2D eigenvalue weighted by molar-refractivity contribution is -0.122. The summed E-state index contributed by atoms with van der Waals surface area (Å²) in [5, 5.41) is 2.83. The zero-order valence-electron chi connectivity index (χ0n) is 19.3. The molecule has 0 aliphatic carbocycles. The van der Waals surface area contributed by atoms with Crippen molar-refractivity contribution in [1.29, 1.82) is 0 Å². The van der Waals surface area contributed by atoms with Crippen LogP contribution in [0, 0.1) is 6.92 Å². The Morgan fingerprint density at radius 2 is 1.71 bits per heavy atom. The topological polar surface area (TPSA) is 75.7 Å². The van der Waals surface area contributed by atoms with Gasteiger partial charge in [0.25, 0.3) is 0 Å². The van der Waals surface area contributed by atoms with Gasteiger partial charge in [-0.1, -0.05) is 63.6 Å². The number of hydrogen-bond donors (Lipinski definition) is 1. The Labute approximate surface area is 186 Å². The van der Waals surface area contributed by atoms with E-state index >= 15 is 0 Å². The van der Waals surface area contributed by atoms with Crippen molar-refractivity contribution in [3.8, 4) is 5.75 Å². The fraction of sp³-hybridized carbons (Fsp3) is 0.458. The molecule has 0 aliphatic rings. The van der Waals surface area contributed by atoms with Crippen molar-refractivity contribution >= 4 is 21.6 Å². The summed E-state index contributed by atoms with van der Waals surface area (Å²) in [5.74, 6) is 0.440. The molecule has 0 fully saturated rings. The number of anilines is 1. The van der Waals surface area contributed by atoms with E-state index in [1.165, 1.54) is 4.31 Å². The quantitative estimate of drug-likeness (QED) is 0.590. The van der Waals surface area contributed by atoms with Crippen LogP contribution < -0.4 is 14.4 Å². The van der Waals surface area contributed by atoms with Gasteiger partial charge in [0, 0.05) is 0 Å². The third-order valence-electron chi connectivity index (χ3n) is 4.97. The molecule has 1 atom stereocenters. The fourth-order valence-electron chi connectivity index (χ4n) is 3.42. The molecule has 0 spiro atoms. The highest BCUT2D eigenvalue weighted by Gasteiger charge is 2.31. The second-order valence-corrected chi connectivity index (χ2v) is 10.6. The van der Waals surface area contributed by atoms with Gasteiger partial charge >= 0.3 is 0 Å². The summed E-state index contributed by atoms with van der Waals surface area (Å²) >= 11 is 0. The molecule has 0 aliphatic heterocycles. The number of nitrogens with zero attached hydrogens (tertiary/aromatic N) is 1. The Hall–Kier alpha value is -2.54. The van der Waals surface area contributed by atoms with Crippen molar-refractivity contribution in [1.82, 2.24) is 5.32 Å². The van der Waals surface area contributed by atoms with Crippen molar-refractivity contribution in [3.05, 3.63) is 59.7 Å². The van der Waals surface area contributed by atoms with Crippen LogP contribution in [-0.2, 0) is 20.2 Å². The van der Waals surface area contributed by atoms with Crippen LogP contribution in [0.15, 0.2) is 48.5 Å². The Morgan fingerprint density at radius 1 is 1.10 bits per heavy atom. The lowest BCUT2D eigenvalue weighted by Crippen LogP contribution is -2.50. The molecular formula is C24H34N2O4S. The Bertz CT molecular complexity index is 979. The number of nitrogens with one attached hydrogen (secondary N) is 1. The molecule has 1 amide bonds. The molecule has 0 unspecified atom stereocenters. The normalized spacial score (nSPS) is 12.8. The number of para-hydroxylation sites is 1. The standard InChI is InChI=1S/C24H34N2O4S/c1-7-21(26(31(6,28)29)19-14-12-18(2)13-15-19)23(27)25-16-17-30-22-11-9-8-10-20(22)24(3,4)5/h8-15,21H,7,16-17H2,1-6H3,(H,25,27)/t21-/m0/s1. The summed E-state index contributed by atoms with van der Waals surface area (Å²) in [6.07, 6.45) is 1.47. The average molecular weight is 447 g/mol. The number of amides is 1. The number of hydrogen-bond acceptors (Lipinski definition) is 4. The van der Waals surface area contributed by atoms with E-state index in [-0.39, 0.29) is 17.9 Å². The van der Waals surface area contributed by atoms with Crippen LogP contribution in [0.3, 0.4) is 0 Å². The summed E-state index contributed by atoms with van der Waals surface area (Å²) in [5.41, 5.74) is 2.53. The van der Waals surface area contributed by atoms with Crippen molar-refractivity contribution in [2.24, 2.45) is 0 Å². The van der Waals surface area contributed by atoms with Gasteiger partial charge in [0.15, 0.2) is 0 Å². The molecule has 2 aromatic carbocycles.